The Labute approximate surface area is 76.8 Å². The summed E-state index contributed by atoms with van der Waals surface area (Å²) in [4.78, 5) is 21.0. The topological polar surface area (TPSA) is 70.4 Å². The molecule has 0 saturated carbocycles. The fourth-order valence-electron chi connectivity index (χ4n) is 1.04. The van der Waals surface area contributed by atoms with Crippen LogP contribution in [0, 0.1) is 0 Å². The molecule has 0 fully saturated rings. The first-order chi connectivity index (χ1) is 6.08. The number of pyridine rings is 1. The SMILES string of the molecule is O=P(O)(O)CCCc1ccncc1. The molecule has 0 radical (unpaired) electrons. The lowest BCUT2D eigenvalue weighted by molar-refractivity contribution is 0.371. The average Bonchev–Trinajstić information content (AvgIpc) is 2.04. The molecule has 5 heteroatoms. The van der Waals surface area contributed by atoms with Gasteiger partial charge in [0.15, 0.2) is 0 Å². The average molecular weight is 201 g/mol. The summed E-state index contributed by atoms with van der Waals surface area (Å²) in [7, 11) is -3.82. The van der Waals surface area contributed by atoms with Gasteiger partial charge in [-0.15, -0.1) is 0 Å². The number of rotatable bonds is 4. The fourth-order valence-corrected chi connectivity index (χ4v) is 1.61. The highest BCUT2D eigenvalue weighted by atomic mass is 31.2. The van der Waals surface area contributed by atoms with Gasteiger partial charge in [0.1, 0.15) is 0 Å². The molecule has 1 aromatic heterocycles. The van der Waals surface area contributed by atoms with Crippen LogP contribution >= 0.6 is 7.60 Å². The molecule has 1 heterocycles. The van der Waals surface area contributed by atoms with Crippen molar-refractivity contribution < 1.29 is 14.4 Å². The second-order valence-corrected chi connectivity index (χ2v) is 4.62. The Bertz CT molecular complexity index is 296. The van der Waals surface area contributed by atoms with Crippen molar-refractivity contribution >= 4 is 7.60 Å². The summed E-state index contributed by atoms with van der Waals surface area (Å²) in [6.07, 6.45) is 4.50. The van der Waals surface area contributed by atoms with E-state index in [1.54, 1.807) is 12.4 Å². The molecule has 0 saturated heterocycles. The zero-order valence-corrected chi connectivity index (χ0v) is 8.02. The van der Waals surface area contributed by atoms with Gasteiger partial charge in [-0.3, -0.25) is 9.55 Å². The van der Waals surface area contributed by atoms with Crippen LogP contribution < -0.4 is 0 Å². The quantitative estimate of drug-likeness (QED) is 0.718. The van der Waals surface area contributed by atoms with Crippen LogP contribution in [0.15, 0.2) is 24.5 Å². The summed E-state index contributed by atoms with van der Waals surface area (Å²) in [6.45, 7) is 0. The van der Waals surface area contributed by atoms with Crippen LogP contribution in [-0.4, -0.2) is 20.9 Å². The smallest absolute Gasteiger partial charge is 0.324 e. The van der Waals surface area contributed by atoms with E-state index in [0.717, 1.165) is 5.56 Å². The third-order valence-corrected chi connectivity index (χ3v) is 2.56. The molecule has 0 atom stereocenters. The van der Waals surface area contributed by atoms with Crippen molar-refractivity contribution in [1.82, 2.24) is 4.98 Å². The first-order valence-corrected chi connectivity index (χ1v) is 5.81. The van der Waals surface area contributed by atoms with Gasteiger partial charge in [0.05, 0.1) is 6.16 Å². The van der Waals surface area contributed by atoms with Crippen molar-refractivity contribution in [1.29, 1.82) is 0 Å². The predicted molar refractivity (Wildman–Crippen MR) is 49.5 cm³/mol. The standard InChI is InChI=1S/C8H12NO3P/c10-13(11,12)7-1-2-8-3-5-9-6-4-8/h3-6H,1-2,7H2,(H2,10,11,12). The van der Waals surface area contributed by atoms with Crippen LogP contribution in [-0.2, 0) is 11.0 Å². The van der Waals surface area contributed by atoms with Gasteiger partial charge in [0.25, 0.3) is 0 Å². The van der Waals surface area contributed by atoms with Crippen LogP contribution in [0.3, 0.4) is 0 Å². The van der Waals surface area contributed by atoms with Crippen molar-refractivity contribution in [2.24, 2.45) is 0 Å². The summed E-state index contributed by atoms with van der Waals surface area (Å²) < 4.78 is 10.5. The van der Waals surface area contributed by atoms with Gasteiger partial charge < -0.3 is 9.79 Å². The van der Waals surface area contributed by atoms with Gasteiger partial charge in [-0.25, -0.2) is 0 Å². The Morgan fingerprint density at radius 1 is 1.31 bits per heavy atom. The third-order valence-electron chi connectivity index (χ3n) is 1.66. The largest absolute Gasteiger partial charge is 0.325 e. The Balaban J connectivity index is 2.33. The number of aryl methyl sites for hydroxylation is 1. The second kappa shape index (κ2) is 4.51. The zero-order valence-electron chi connectivity index (χ0n) is 7.13. The summed E-state index contributed by atoms with van der Waals surface area (Å²) in [5.41, 5.74) is 1.06. The van der Waals surface area contributed by atoms with Crippen LogP contribution in [0.4, 0.5) is 0 Å². The molecule has 0 aromatic carbocycles. The molecule has 72 valence electrons. The lowest BCUT2D eigenvalue weighted by atomic mass is 10.2. The highest BCUT2D eigenvalue weighted by molar-refractivity contribution is 7.51. The molecule has 0 aliphatic carbocycles. The number of nitrogens with zero attached hydrogens (tertiary/aromatic N) is 1. The van der Waals surface area contributed by atoms with E-state index in [-0.39, 0.29) is 6.16 Å². The number of aromatic nitrogens is 1. The first-order valence-electron chi connectivity index (χ1n) is 4.01. The Hall–Kier alpha value is -0.700. The van der Waals surface area contributed by atoms with E-state index in [2.05, 4.69) is 4.98 Å². The van der Waals surface area contributed by atoms with Crippen molar-refractivity contribution in [3.8, 4) is 0 Å². The summed E-state index contributed by atoms with van der Waals surface area (Å²) >= 11 is 0. The maximum Gasteiger partial charge on any atom is 0.325 e. The monoisotopic (exact) mass is 201 g/mol. The molecule has 2 N–H and O–H groups in total. The molecule has 13 heavy (non-hydrogen) atoms. The highest BCUT2D eigenvalue weighted by Gasteiger charge is 2.11. The molecule has 0 unspecified atom stereocenters. The molecule has 0 spiro atoms. The number of hydrogen-bond donors (Lipinski definition) is 2. The van der Waals surface area contributed by atoms with E-state index in [1.807, 2.05) is 12.1 Å². The predicted octanol–water partition coefficient (Wildman–Crippen LogP) is 1.19. The van der Waals surface area contributed by atoms with Gasteiger partial charge in [-0.1, -0.05) is 0 Å². The molecular weight excluding hydrogens is 189 g/mol. The summed E-state index contributed by atoms with van der Waals surface area (Å²) in [5, 5.41) is 0. The molecule has 0 aliphatic heterocycles. The minimum absolute atomic E-state index is 0.0463. The maximum atomic E-state index is 10.5. The van der Waals surface area contributed by atoms with Crippen LogP contribution in [0.25, 0.3) is 0 Å². The molecule has 0 bridgehead atoms. The Morgan fingerprint density at radius 2 is 1.92 bits per heavy atom. The first kappa shape index (κ1) is 10.4. The fraction of sp³-hybridized carbons (Fsp3) is 0.375. The molecule has 1 rings (SSSR count). The van der Waals surface area contributed by atoms with E-state index in [0.29, 0.717) is 12.8 Å². The maximum absolute atomic E-state index is 10.5. The normalized spacial score (nSPS) is 11.5. The second-order valence-electron chi connectivity index (χ2n) is 2.85. The Kier molecular flexibility index (Phi) is 3.60. The lowest BCUT2D eigenvalue weighted by Gasteiger charge is -2.02. The van der Waals surface area contributed by atoms with Gasteiger partial charge >= 0.3 is 7.60 Å². The van der Waals surface area contributed by atoms with Crippen LogP contribution in [0.1, 0.15) is 12.0 Å². The van der Waals surface area contributed by atoms with E-state index < -0.39 is 7.60 Å². The van der Waals surface area contributed by atoms with E-state index >= 15 is 0 Å². The van der Waals surface area contributed by atoms with Gasteiger partial charge in [0.2, 0.25) is 0 Å². The highest BCUT2D eigenvalue weighted by Crippen LogP contribution is 2.35. The molecular formula is C8H12NO3P. The van der Waals surface area contributed by atoms with E-state index in [4.69, 9.17) is 9.79 Å². The summed E-state index contributed by atoms with van der Waals surface area (Å²) in [5.74, 6) is 0. The zero-order chi connectivity index (χ0) is 9.73. The molecule has 0 aliphatic rings. The van der Waals surface area contributed by atoms with E-state index in [1.165, 1.54) is 0 Å². The Morgan fingerprint density at radius 3 is 2.46 bits per heavy atom. The van der Waals surface area contributed by atoms with E-state index in [9.17, 15) is 4.57 Å². The number of hydrogen-bond acceptors (Lipinski definition) is 2. The molecule has 1 aromatic rings. The van der Waals surface area contributed by atoms with Gasteiger partial charge in [-0.05, 0) is 30.5 Å². The summed E-state index contributed by atoms with van der Waals surface area (Å²) in [6, 6.07) is 3.69. The van der Waals surface area contributed by atoms with Crippen molar-refractivity contribution in [3.63, 3.8) is 0 Å². The minimum atomic E-state index is -3.82. The van der Waals surface area contributed by atoms with Crippen molar-refractivity contribution in [2.45, 2.75) is 12.8 Å². The van der Waals surface area contributed by atoms with Gasteiger partial charge in [0, 0.05) is 12.4 Å². The lowest BCUT2D eigenvalue weighted by Crippen LogP contribution is -1.91. The third kappa shape index (κ3) is 4.78. The minimum Gasteiger partial charge on any atom is -0.324 e. The van der Waals surface area contributed by atoms with Crippen LogP contribution in [0.5, 0.6) is 0 Å². The van der Waals surface area contributed by atoms with Gasteiger partial charge in [-0.2, -0.15) is 0 Å². The van der Waals surface area contributed by atoms with Crippen molar-refractivity contribution in [3.05, 3.63) is 30.1 Å². The van der Waals surface area contributed by atoms with Crippen molar-refractivity contribution in [2.75, 3.05) is 6.16 Å². The molecule has 4 nitrogen and oxygen atoms in total. The molecule has 0 amide bonds. The van der Waals surface area contributed by atoms with Crippen LogP contribution in [0.2, 0.25) is 0 Å².